The number of anilines is 1. The third-order valence-electron chi connectivity index (χ3n) is 4.27. The summed E-state index contributed by atoms with van der Waals surface area (Å²) >= 11 is 0. The lowest BCUT2D eigenvalue weighted by molar-refractivity contribution is 0.102. The number of carbonyl (C=O) groups is 1. The monoisotopic (exact) mass is 320 g/mol. The molecule has 1 heterocycles. The van der Waals surface area contributed by atoms with Gasteiger partial charge in [-0.1, -0.05) is 38.1 Å². The minimum Gasteiger partial charge on any atom is -0.342 e. The van der Waals surface area contributed by atoms with E-state index in [1.54, 1.807) is 0 Å². The van der Waals surface area contributed by atoms with Crippen molar-refractivity contribution < 1.29 is 4.79 Å². The number of amides is 1. The molecule has 124 valence electrons. The van der Waals surface area contributed by atoms with Crippen LogP contribution in [0.1, 0.15) is 55.7 Å². The van der Waals surface area contributed by atoms with Crippen molar-refractivity contribution in [2.24, 2.45) is 0 Å². The van der Waals surface area contributed by atoms with Crippen LogP contribution in [0.15, 0.2) is 54.6 Å². The van der Waals surface area contributed by atoms with Gasteiger partial charge in [-0.3, -0.25) is 4.79 Å². The fourth-order valence-electron chi connectivity index (χ4n) is 3.13. The Morgan fingerprint density at radius 1 is 0.958 bits per heavy atom. The van der Waals surface area contributed by atoms with Crippen molar-refractivity contribution in [3.8, 4) is 0 Å². The third-order valence-corrected chi connectivity index (χ3v) is 4.27. The quantitative estimate of drug-likeness (QED) is 0.667. The number of fused-ring (bicyclic) bond motifs is 1. The van der Waals surface area contributed by atoms with Crippen LogP contribution in [0.4, 0.5) is 5.69 Å². The van der Waals surface area contributed by atoms with Gasteiger partial charge in [-0.15, -0.1) is 0 Å². The van der Waals surface area contributed by atoms with Crippen molar-refractivity contribution in [1.82, 2.24) is 4.57 Å². The summed E-state index contributed by atoms with van der Waals surface area (Å²) in [6.45, 7) is 8.77. The van der Waals surface area contributed by atoms with E-state index in [9.17, 15) is 4.79 Å². The van der Waals surface area contributed by atoms with Crippen LogP contribution in [0.5, 0.6) is 0 Å². The lowest BCUT2D eigenvalue weighted by atomic mass is 10.1. The third kappa shape index (κ3) is 3.07. The Labute approximate surface area is 143 Å². The lowest BCUT2D eigenvalue weighted by Crippen LogP contribution is -2.12. The summed E-state index contributed by atoms with van der Waals surface area (Å²) in [6.07, 6.45) is 0. The molecule has 0 saturated carbocycles. The number of nitrogens with zero attached hydrogens (tertiary/aromatic N) is 1. The summed E-state index contributed by atoms with van der Waals surface area (Å²) in [5.74, 6) is 0.368. The van der Waals surface area contributed by atoms with Crippen LogP contribution in [0, 0.1) is 0 Å². The molecule has 3 rings (SSSR count). The van der Waals surface area contributed by atoms with Crippen molar-refractivity contribution in [2.75, 3.05) is 5.32 Å². The van der Waals surface area contributed by atoms with E-state index in [1.807, 2.05) is 48.5 Å². The average Bonchev–Trinajstić information content (AvgIpc) is 2.94. The highest BCUT2D eigenvalue weighted by Crippen LogP contribution is 2.29. The predicted octanol–water partition coefficient (Wildman–Crippen LogP) is 5.60. The molecule has 0 aliphatic heterocycles. The van der Waals surface area contributed by atoms with Crippen molar-refractivity contribution in [2.45, 2.75) is 39.7 Å². The molecule has 1 aromatic heterocycles. The van der Waals surface area contributed by atoms with E-state index in [0.717, 1.165) is 11.2 Å². The Morgan fingerprint density at radius 3 is 2.29 bits per heavy atom. The first kappa shape index (κ1) is 16.3. The largest absolute Gasteiger partial charge is 0.342 e. The highest BCUT2D eigenvalue weighted by Gasteiger charge is 2.16. The normalized spacial score (nSPS) is 11.4. The molecule has 2 aromatic carbocycles. The number of hydrogen-bond acceptors (Lipinski definition) is 1. The van der Waals surface area contributed by atoms with Gasteiger partial charge in [0.15, 0.2) is 0 Å². The zero-order valence-electron chi connectivity index (χ0n) is 14.7. The van der Waals surface area contributed by atoms with E-state index >= 15 is 0 Å². The molecule has 0 bridgehead atoms. The molecule has 0 aliphatic carbocycles. The fraction of sp³-hybridized carbons (Fsp3) is 0.286. The minimum atomic E-state index is -0.0781. The zero-order chi connectivity index (χ0) is 17.3. The predicted molar refractivity (Wildman–Crippen MR) is 101 cm³/mol. The van der Waals surface area contributed by atoms with E-state index in [1.165, 1.54) is 11.1 Å². The molecule has 0 fully saturated rings. The number of aromatic nitrogens is 1. The Morgan fingerprint density at radius 2 is 1.67 bits per heavy atom. The molecule has 0 spiro atoms. The van der Waals surface area contributed by atoms with E-state index in [4.69, 9.17) is 0 Å². The Balaban J connectivity index is 2.01. The summed E-state index contributed by atoms with van der Waals surface area (Å²) in [7, 11) is 0. The van der Waals surface area contributed by atoms with Crippen molar-refractivity contribution >= 4 is 22.5 Å². The summed E-state index contributed by atoms with van der Waals surface area (Å²) in [5.41, 5.74) is 3.92. The van der Waals surface area contributed by atoms with Crippen LogP contribution >= 0.6 is 0 Å². The van der Waals surface area contributed by atoms with Crippen LogP contribution in [0.25, 0.3) is 10.9 Å². The molecule has 3 heteroatoms. The molecule has 1 amide bonds. The van der Waals surface area contributed by atoms with Gasteiger partial charge >= 0.3 is 0 Å². The number of carbonyl (C=O) groups excluding carboxylic acids is 1. The molecule has 0 unspecified atom stereocenters. The van der Waals surface area contributed by atoms with Gasteiger partial charge in [0.25, 0.3) is 5.91 Å². The molecular formula is C21H24N2O. The Hall–Kier alpha value is -2.55. The maximum Gasteiger partial charge on any atom is 0.255 e. The summed E-state index contributed by atoms with van der Waals surface area (Å²) in [5, 5.41) is 4.14. The van der Waals surface area contributed by atoms with E-state index in [-0.39, 0.29) is 5.91 Å². The van der Waals surface area contributed by atoms with Gasteiger partial charge in [-0.2, -0.15) is 0 Å². The summed E-state index contributed by atoms with van der Waals surface area (Å²) in [6, 6.07) is 18.1. The van der Waals surface area contributed by atoms with Gasteiger partial charge in [0.1, 0.15) is 0 Å². The van der Waals surface area contributed by atoms with Gasteiger partial charge in [0, 0.05) is 28.5 Å². The first-order valence-corrected chi connectivity index (χ1v) is 8.48. The smallest absolute Gasteiger partial charge is 0.255 e. The standard InChI is InChI=1S/C21H24N2O/c1-14(2)19-12-16-10-11-17(13-20(16)23(19)15(3)4)21(24)22-18-8-6-5-7-9-18/h5-15H,1-4H3,(H,22,24). The second-order valence-corrected chi connectivity index (χ2v) is 6.78. The van der Waals surface area contributed by atoms with E-state index < -0.39 is 0 Å². The highest BCUT2D eigenvalue weighted by molar-refractivity contribution is 6.06. The summed E-state index contributed by atoms with van der Waals surface area (Å²) < 4.78 is 2.33. The van der Waals surface area contributed by atoms with Crippen molar-refractivity contribution in [3.63, 3.8) is 0 Å². The second-order valence-electron chi connectivity index (χ2n) is 6.78. The molecule has 3 aromatic rings. The van der Waals surface area contributed by atoms with Gasteiger partial charge < -0.3 is 9.88 Å². The zero-order valence-corrected chi connectivity index (χ0v) is 14.7. The van der Waals surface area contributed by atoms with Gasteiger partial charge in [-0.05, 0) is 55.5 Å². The first-order chi connectivity index (χ1) is 11.5. The van der Waals surface area contributed by atoms with E-state index in [0.29, 0.717) is 17.5 Å². The number of benzene rings is 2. The fourth-order valence-corrected chi connectivity index (χ4v) is 3.13. The molecule has 0 saturated heterocycles. The maximum absolute atomic E-state index is 12.6. The molecule has 3 nitrogen and oxygen atoms in total. The van der Waals surface area contributed by atoms with Crippen molar-refractivity contribution in [3.05, 3.63) is 65.9 Å². The molecule has 0 atom stereocenters. The molecular weight excluding hydrogens is 296 g/mol. The topological polar surface area (TPSA) is 34.0 Å². The number of para-hydroxylation sites is 1. The van der Waals surface area contributed by atoms with Crippen LogP contribution in [-0.4, -0.2) is 10.5 Å². The van der Waals surface area contributed by atoms with Crippen LogP contribution < -0.4 is 5.32 Å². The number of hydrogen-bond donors (Lipinski definition) is 1. The summed E-state index contributed by atoms with van der Waals surface area (Å²) in [4.78, 5) is 12.6. The van der Waals surface area contributed by atoms with Crippen LogP contribution in [0.2, 0.25) is 0 Å². The second kappa shape index (κ2) is 6.52. The van der Waals surface area contributed by atoms with Crippen LogP contribution in [-0.2, 0) is 0 Å². The lowest BCUT2D eigenvalue weighted by Gasteiger charge is -2.17. The maximum atomic E-state index is 12.6. The Bertz CT molecular complexity index is 860. The van der Waals surface area contributed by atoms with Crippen LogP contribution in [0.3, 0.4) is 0 Å². The van der Waals surface area contributed by atoms with Gasteiger partial charge in [-0.25, -0.2) is 0 Å². The number of rotatable bonds is 4. The van der Waals surface area contributed by atoms with Gasteiger partial charge in [0.2, 0.25) is 0 Å². The average molecular weight is 320 g/mol. The molecule has 0 aliphatic rings. The first-order valence-electron chi connectivity index (χ1n) is 8.48. The van der Waals surface area contributed by atoms with Gasteiger partial charge in [0.05, 0.1) is 0 Å². The minimum absolute atomic E-state index is 0.0781. The highest BCUT2D eigenvalue weighted by atomic mass is 16.1. The van der Waals surface area contributed by atoms with E-state index in [2.05, 4.69) is 43.6 Å². The Kier molecular flexibility index (Phi) is 4.43. The van der Waals surface area contributed by atoms with Crippen molar-refractivity contribution in [1.29, 1.82) is 0 Å². The number of nitrogens with one attached hydrogen (secondary N) is 1. The molecule has 1 N–H and O–H groups in total. The molecule has 24 heavy (non-hydrogen) atoms. The molecule has 0 radical (unpaired) electrons. The SMILES string of the molecule is CC(C)c1cc2ccc(C(=O)Nc3ccccc3)cc2n1C(C)C.